The Bertz CT molecular complexity index is 536. The molecule has 1 aromatic rings. The first-order chi connectivity index (χ1) is 10.2. The van der Waals surface area contributed by atoms with Crippen molar-refractivity contribution in [3.05, 3.63) is 17.5 Å². The van der Waals surface area contributed by atoms with Crippen LogP contribution in [-0.4, -0.2) is 70.7 Å². The Morgan fingerprint density at radius 3 is 2.76 bits per heavy atom. The third-order valence-electron chi connectivity index (χ3n) is 4.18. The average molecular weight is 292 g/mol. The number of aryl methyl sites for hydroxylation is 1. The van der Waals surface area contributed by atoms with Crippen molar-refractivity contribution in [3.8, 4) is 0 Å². The van der Waals surface area contributed by atoms with E-state index < -0.39 is 0 Å². The van der Waals surface area contributed by atoms with E-state index in [4.69, 9.17) is 4.74 Å². The van der Waals surface area contributed by atoms with Gasteiger partial charge in [0.05, 0.1) is 25.0 Å². The predicted molar refractivity (Wildman–Crippen MR) is 74.8 cm³/mol. The molecule has 2 fully saturated rings. The van der Waals surface area contributed by atoms with Gasteiger partial charge in [0.2, 0.25) is 5.91 Å². The fourth-order valence-corrected chi connectivity index (χ4v) is 2.98. The first-order valence-electron chi connectivity index (χ1n) is 7.36. The predicted octanol–water partition coefficient (Wildman–Crippen LogP) is 0.182. The number of likely N-dealkylation sites (tertiary alicyclic amines) is 1. The van der Waals surface area contributed by atoms with Crippen LogP contribution in [0.4, 0.5) is 0 Å². The number of carbonyl (C=O) groups is 2. The van der Waals surface area contributed by atoms with Gasteiger partial charge in [0.25, 0.3) is 5.91 Å². The first-order valence-corrected chi connectivity index (χ1v) is 7.36. The largest absolute Gasteiger partial charge is 0.378 e. The summed E-state index contributed by atoms with van der Waals surface area (Å²) in [7, 11) is 0. The van der Waals surface area contributed by atoms with Crippen molar-refractivity contribution < 1.29 is 14.3 Å². The van der Waals surface area contributed by atoms with Gasteiger partial charge in [-0.3, -0.25) is 14.7 Å². The van der Waals surface area contributed by atoms with Crippen LogP contribution in [0.25, 0.3) is 0 Å². The molecule has 0 aromatic carbocycles. The van der Waals surface area contributed by atoms with Crippen molar-refractivity contribution >= 4 is 11.8 Å². The number of nitrogens with zero attached hydrogens (tertiary/aromatic N) is 3. The molecule has 21 heavy (non-hydrogen) atoms. The Morgan fingerprint density at radius 2 is 2.10 bits per heavy atom. The summed E-state index contributed by atoms with van der Waals surface area (Å²) in [4.78, 5) is 28.7. The Morgan fingerprint density at radius 1 is 1.33 bits per heavy atom. The quantitative estimate of drug-likeness (QED) is 0.843. The zero-order chi connectivity index (χ0) is 14.8. The third kappa shape index (κ3) is 2.65. The average Bonchev–Trinajstić information content (AvgIpc) is 3.15. The van der Waals surface area contributed by atoms with Gasteiger partial charge in [-0.1, -0.05) is 0 Å². The van der Waals surface area contributed by atoms with Gasteiger partial charge in [0.15, 0.2) is 0 Å². The summed E-state index contributed by atoms with van der Waals surface area (Å²) >= 11 is 0. The molecule has 0 bridgehead atoms. The molecule has 7 nitrogen and oxygen atoms in total. The summed E-state index contributed by atoms with van der Waals surface area (Å²) in [6.07, 6.45) is 3.13. The fraction of sp³-hybridized carbons (Fsp3) is 0.643. The second-order valence-electron chi connectivity index (χ2n) is 5.50. The molecular formula is C14H20N4O3. The lowest BCUT2D eigenvalue weighted by Crippen LogP contribution is -2.51. The number of rotatable bonds is 2. The van der Waals surface area contributed by atoms with E-state index in [1.165, 1.54) is 6.20 Å². The van der Waals surface area contributed by atoms with Gasteiger partial charge >= 0.3 is 0 Å². The Hall–Kier alpha value is -1.89. The van der Waals surface area contributed by atoms with E-state index in [0.717, 1.165) is 18.5 Å². The number of morpholine rings is 1. The lowest BCUT2D eigenvalue weighted by molar-refractivity contribution is -0.139. The second-order valence-corrected chi connectivity index (χ2v) is 5.50. The van der Waals surface area contributed by atoms with E-state index in [2.05, 4.69) is 10.2 Å². The van der Waals surface area contributed by atoms with E-state index >= 15 is 0 Å². The molecule has 0 saturated carbocycles. The van der Waals surface area contributed by atoms with Crippen LogP contribution in [-0.2, 0) is 9.53 Å². The summed E-state index contributed by atoms with van der Waals surface area (Å²) in [6.45, 7) is 4.82. The Kier molecular flexibility index (Phi) is 3.92. The van der Waals surface area contributed by atoms with Crippen LogP contribution in [0.1, 0.15) is 28.9 Å². The summed E-state index contributed by atoms with van der Waals surface area (Å²) in [6, 6.07) is -0.343. The molecule has 3 heterocycles. The molecule has 7 heteroatoms. The number of nitrogens with one attached hydrogen (secondary N) is 1. The molecule has 3 rings (SSSR count). The van der Waals surface area contributed by atoms with Crippen LogP contribution < -0.4 is 0 Å². The number of aromatic amines is 1. The number of ether oxygens (including phenoxy) is 1. The molecule has 1 unspecified atom stereocenters. The summed E-state index contributed by atoms with van der Waals surface area (Å²) in [5.41, 5.74) is 1.29. The van der Waals surface area contributed by atoms with Gasteiger partial charge in [-0.05, 0) is 19.8 Å². The monoisotopic (exact) mass is 292 g/mol. The topological polar surface area (TPSA) is 78.5 Å². The van der Waals surface area contributed by atoms with Gasteiger partial charge in [-0.25, -0.2) is 0 Å². The molecule has 1 aromatic heterocycles. The van der Waals surface area contributed by atoms with Crippen LogP contribution in [0.5, 0.6) is 0 Å². The van der Waals surface area contributed by atoms with Crippen LogP contribution in [0.15, 0.2) is 6.20 Å². The molecule has 2 saturated heterocycles. The number of hydrogen-bond acceptors (Lipinski definition) is 4. The molecule has 1 atom stereocenters. The maximum Gasteiger partial charge on any atom is 0.257 e. The third-order valence-corrected chi connectivity index (χ3v) is 4.18. The normalized spacial score (nSPS) is 22.6. The minimum Gasteiger partial charge on any atom is -0.378 e. The van der Waals surface area contributed by atoms with Crippen molar-refractivity contribution in [2.45, 2.75) is 25.8 Å². The standard InChI is InChI=1S/C14H20N4O3/c1-10-11(9-15-16-10)13(19)18-4-2-3-12(18)14(20)17-5-7-21-8-6-17/h9,12H,2-8H2,1H3,(H,15,16). The van der Waals surface area contributed by atoms with Crippen molar-refractivity contribution in [1.29, 1.82) is 0 Å². The molecule has 2 aliphatic rings. The SMILES string of the molecule is Cc1[nH]ncc1C(=O)N1CCCC1C(=O)N1CCOCC1. The maximum absolute atomic E-state index is 12.6. The van der Waals surface area contributed by atoms with Gasteiger partial charge in [0, 0.05) is 25.3 Å². The molecule has 1 N–H and O–H groups in total. The van der Waals surface area contributed by atoms with Crippen molar-refractivity contribution in [2.24, 2.45) is 0 Å². The Balaban J connectivity index is 1.74. The zero-order valence-electron chi connectivity index (χ0n) is 12.2. The van der Waals surface area contributed by atoms with E-state index in [9.17, 15) is 9.59 Å². The highest BCUT2D eigenvalue weighted by molar-refractivity contribution is 5.98. The molecule has 0 spiro atoms. The first kappa shape index (κ1) is 14.1. The van der Waals surface area contributed by atoms with Crippen LogP contribution >= 0.6 is 0 Å². The molecule has 2 aliphatic heterocycles. The van der Waals surface area contributed by atoms with E-state index in [1.807, 2.05) is 11.8 Å². The van der Waals surface area contributed by atoms with Gasteiger partial charge in [-0.15, -0.1) is 0 Å². The minimum absolute atomic E-state index is 0.0466. The molecule has 0 aliphatic carbocycles. The van der Waals surface area contributed by atoms with E-state index in [1.54, 1.807) is 4.90 Å². The zero-order valence-corrected chi connectivity index (χ0v) is 12.2. The van der Waals surface area contributed by atoms with Crippen molar-refractivity contribution in [1.82, 2.24) is 20.0 Å². The number of amides is 2. The van der Waals surface area contributed by atoms with Gasteiger partial charge in [-0.2, -0.15) is 5.10 Å². The highest BCUT2D eigenvalue weighted by Crippen LogP contribution is 2.23. The smallest absolute Gasteiger partial charge is 0.257 e. The fourth-order valence-electron chi connectivity index (χ4n) is 2.98. The summed E-state index contributed by atoms with van der Waals surface area (Å²) < 4.78 is 5.27. The lowest BCUT2D eigenvalue weighted by Gasteiger charge is -2.32. The summed E-state index contributed by atoms with van der Waals surface area (Å²) in [5.74, 6) is -0.0596. The van der Waals surface area contributed by atoms with Gasteiger partial charge < -0.3 is 14.5 Å². The maximum atomic E-state index is 12.6. The molecule has 114 valence electrons. The number of H-pyrrole nitrogens is 1. The van der Waals surface area contributed by atoms with Crippen molar-refractivity contribution in [3.63, 3.8) is 0 Å². The minimum atomic E-state index is -0.343. The second kappa shape index (κ2) is 5.85. The Labute approximate surface area is 123 Å². The summed E-state index contributed by atoms with van der Waals surface area (Å²) in [5, 5.41) is 6.66. The van der Waals surface area contributed by atoms with Crippen LogP contribution in [0.3, 0.4) is 0 Å². The van der Waals surface area contributed by atoms with E-state index in [-0.39, 0.29) is 17.9 Å². The molecular weight excluding hydrogens is 272 g/mol. The number of hydrogen-bond donors (Lipinski definition) is 1. The van der Waals surface area contributed by atoms with Crippen LogP contribution in [0.2, 0.25) is 0 Å². The highest BCUT2D eigenvalue weighted by Gasteiger charge is 2.37. The molecule has 2 amide bonds. The van der Waals surface area contributed by atoms with Crippen molar-refractivity contribution in [2.75, 3.05) is 32.8 Å². The number of aromatic nitrogens is 2. The van der Waals surface area contributed by atoms with Crippen LogP contribution in [0, 0.1) is 6.92 Å². The van der Waals surface area contributed by atoms with Gasteiger partial charge in [0.1, 0.15) is 6.04 Å². The lowest BCUT2D eigenvalue weighted by atomic mass is 10.1. The molecule has 0 radical (unpaired) electrons. The van der Waals surface area contributed by atoms with E-state index in [0.29, 0.717) is 38.4 Å². The highest BCUT2D eigenvalue weighted by atomic mass is 16.5. The number of carbonyl (C=O) groups excluding carboxylic acids is 2.